The fourth-order valence-corrected chi connectivity index (χ4v) is 10.9. The van der Waals surface area contributed by atoms with E-state index in [9.17, 15) is 34.5 Å². The zero-order chi connectivity index (χ0) is 50.0. The number of aliphatic hydroxyl groups is 1. The van der Waals surface area contributed by atoms with Crippen LogP contribution in [-0.2, 0) is 14.4 Å². The fourth-order valence-electron chi connectivity index (χ4n) is 8.88. The number of phenols is 2. The molecule has 7 rings (SSSR count). The van der Waals surface area contributed by atoms with Crippen LogP contribution in [-0.4, -0.2) is 106 Å². The summed E-state index contributed by atoms with van der Waals surface area (Å²) in [5.74, 6) is -0.0411. The number of phenolic OH excluding ortho intramolecular Hbond substituents is 2. The Balaban J connectivity index is 0.802. The van der Waals surface area contributed by atoms with Gasteiger partial charge in [0.1, 0.15) is 35.9 Å². The van der Waals surface area contributed by atoms with Crippen LogP contribution in [0.25, 0.3) is 31.0 Å². The maximum Gasteiger partial charge on any atom is 0.246 e. The molecule has 1 aliphatic rings. The number of aromatic hydroxyl groups is 2. The third kappa shape index (κ3) is 12.8. The average molecular weight is 988 g/mol. The van der Waals surface area contributed by atoms with Crippen molar-refractivity contribution in [1.82, 2.24) is 25.4 Å². The van der Waals surface area contributed by atoms with E-state index in [0.29, 0.717) is 49.3 Å². The van der Waals surface area contributed by atoms with Gasteiger partial charge in [-0.1, -0.05) is 57.4 Å². The van der Waals surface area contributed by atoms with Crippen molar-refractivity contribution in [3.63, 3.8) is 0 Å². The number of aryl methyl sites for hydroxylation is 1. The van der Waals surface area contributed by atoms with Crippen molar-refractivity contribution in [1.29, 1.82) is 0 Å². The summed E-state index contributed by atoms with van der Waals surface area (Å²) in [6.45, 7) is 9.60. The minimum atomic E-state index is -0.983. The number of carbonyl (C=O) groups is 4. The lowest BCUT2D eigenvalue weighted by molar-refractivity contribution is -0.145. The molecule has 0 radical (unpaired) electrons. The topological polar surface area (TPSA) is 182 Å². The Bertz CT molecular complexity index is 2730. The van der Waals surface area contributed by atoms with Gasteiger partial charge < -0.3 is 40.5 Å². The number of ketones is 1. The zero-order valence-corrected chi connectivity index (χ0v) is 42.3. The first-order valence-electron chi connectivity index (χ1n) is 24.2. The summed E-state index contributed by atoms with van der Waals surface area (Å²) in [4.78, 5) is 65.0. The highest BCUT2D eigenvalue weighted by Gasteiger charge is 2.43. The molecule has 370 valence electrons. The number of aliphatic hydroxyl groups excluding tert-OH is 1. The predicted molar refractivity (Wildman–Crippen MR) is 278 cm³/mol. The number of carbonyl (C=O) groups excluding carboxylic acids is 4. The fraction of sp³-hybridized carbons (Fsp3) is 0.400. The number of hydrogen-bond acceptors (Lipinski definition) is 12. The van der Waals surface area contributed by atoms with Crippen molar-refractivity contribution in [3.8, 4) is 38.1 Å². The summed E-state index contributed by atoms with van der Waals surface area (Å²) in [5, 5.41) is 37.1. The van der Waals surface area contributed by atoms with Crippen molar-refractivity contribution in [2.24, 2.45) is 5.41 Å². The predicted octanol–water partition coefficient (Wildman–Crippen LogP) is 9.67. The number of likely N-dealkylation sites (N-methyl/N-ethyl adjacent to an activating group) is 1. The number of aromatic nitrogens is 1. The Hall–Kier alpha value is -6.13. The minimum absolute atomic E-state index is 0.127. The third-order valence-corrected chi connectivity index (χ3v) is 15.4. The normalized spacial score (nSPS) is 14.7. The Morgan fingerprint density at radius 1 is 0.857 bits per heavy atom. The van der Waals surface area contributed by atoms with Gasteiger partial charge in [-0.15, -0.1) is 22.7 Å². The lowest BCUT2D eigenvalue weighted by Gasteiger charge is -2.36. The molecular formula is C55H65N5O8S2. The number of benzene rings is 4. The van der Waals surface area contributed by atoms with Crippen molar-refractivity contribution in [3.05, 3.63) is 119 Å². The number of thiazole rings is 1. The Morgan fingerprint density at radius 3 is 2.23 bits per heavy atom. The Labute approximate surface area is 418 Å². The van der Waals surface area contributed by atoms with E-state index in [1.807, 2.05) is 43.6 Å². The van der Waals surface area contributed by atoms with Crippen LogP contribution >= 0.6 is 22.7 Å². The van der Waals surface area contributed by atoms with E-state index >= 15 is 0 Å². The van der Waals surface area contributed by atoms with E-state index in [1.165, 1.54) is 11.3 Å². The average Bonchev–Trinajstić information content (AvgIpc) is 4.12. The van der Waals surface area contributed by atoms with E-state index in [1.54, 1.807) is 96.8 Å². The van der Waals surface area contributed by atoms with Gasteiger partial charge in [0.05, 0.1) is 28.7 Å². The second kappa shape index (κ2) is 23.7. The van der Waals surface area contributed by atoms with Crippen LogP contribution < -0.4 is 15.4 Å². The largest absolute Gasteiger partial charge is 0.508 e. The number of nitrogens with one attached hydrogen (secondary N) is 2. The number of unbranched alkanes of at least 4 members (excludes halogenated alkanes) is 4. The van der Waals surface area contributed by atoms with E-state index in [4.69, 9.17) is 4.74 Å². The quantitative estimate of drug-likeness (QED) is 0.0306. The minimum Gasteiger partial charge on any atom is -0.508 e. The van der Waals surface area contributed by atoms with Gasteiger partial charge in [-0.3, -0.25) is 19.2 Å². The molecule has 1 fully saturated rings. The Morgan fingerprint density at radius 2 is 1.53 bits per heavy atom. The van der Waals surface area contributed by atoms with Gasteiger partial charge in [-0.2, -0.15) is 0 Å². The van der Waals surface area contributed by atoms with Crippen LogP contribution in [0.1, 0.15) is 105 Å². The maximum atomic E-state index is 14.1. The summed E-state index contributed by atoms with van der Waals surface area (Å²) in [5.41, 5.74) is 5.76. The molecule has 3 amide bonds. The van der Waals surface area contributed by atoms with E-state index in [0.717, 1.165) is 81.0 Å². The van der Waals surface area contributed by atoms with Gasteiger partial charge in [0.2, 0.25) is 17.7 Å². The van der Waals surface area contributed by atoms with Crippen LogP contribution in [0.15, 0.2) is 96.5 Å². The molecule has 0 saturated carbocycles. The molecule has 1 aliphatic heterocycles. The van der Waals surface area contributed by atoms with Crippen molar-refractivity contribution >= 4 is 56.3 Å². The highest BCUT2D eigenvalue weighted by Crippen LogP contribution is 2.42. The number of likely N-dealkylation sites (tertiary alicyclic amines) is 1. The summed E-state index contributed by atoms with van der Waals surface area (Å²) in [6.07, 6.45) is 5.95. The lowest BCUT2D eigenvalue weighted by atomic mass is 9.84. The molecule has 70 heavy (non-hydrogen) atoms. The Kier molecular flexibility index (Phi) is 17.5. The molecule has 5 N–H and O–H groups in total. The lowest BCUT2D eigenvalue weighted by Crippen LogP contribution is -2.59. The first-order valence-corrected chi connectivity index (χ1v) is 25.9. The molecule has 0 spiro atoms. The molecule has 0 bridgehead atoms. The number of ether oxygens (including phenoxy) is 1. The molecule has 13 nitrogen and oxygen atoms in total. The zero-order valence-electron chi connectivity index (χ0n) is 40.7. The molecule has 6 aromatic rings. The number of hydrogen-bond donors (Lipinski definition) is 5. The second-order valence-electron chi connectivity index (χ2n) is 19.0. The standard InChI is InChI=1S/C55H65N5O8S2/c1-35(37-14-16-39(17-15-37)50-36(2)56-34-69-50)57-53(66)45-12-11-29-60(45)54(67)52(55(3,4)33-61)58-47(64)13-9-7-6-8-10-28-59(5)30-31-68-43-25-20-38(21-26-43)49(65)48-44-27-24-42(63)32-46(44)70-51(48)40-18-22-41(62)23-19-40/h14-27,32,34-35,45,52,61-63H,6-13,28-31,33H2,1-5H3,(H,57,66)(H,58,64)/t35-,45-,52+/m0/s1. The van der Waals surface area contributed by atoms with Gasteiger partial charge in [-0.25, -0.2) is 4.98 Å². The molecule has 1 saturated heterocycles. The third-order valence-electron chi connectivity index (χ3n) is 13.2. The highest BCUT2D eigenvalue weighted by molar-refractivity contribution is 7.22. The highest BCUT2D eigenvalue weighted by atomic mass is 32.1. The van der Waals surface area contributed by atoms with Crippen LogP contribution in [0.3, 0.4) is 0 Å². The van der Waals surface area contributed by atoms with Gasteiger partial charge >= 0.3 is 0 Å². The summed E-state index contributed by atoms with van der Waals surface area (Å²) in [7, 11) is 2.06. The van der Waals surface area contributed by atoms with Crippen LogP contribution in [0.4, 0.5) is 0 Å². The number of amides is 3. The van der Waals surface area contributed by atoms with Gasteiger partial charge in [0, 0.05) is 51.0 Å². The number of nitrogens with zero attached hydrogens (tertiary/aromatic N) is 3. The van der Waals surface area contributed by atoms with E-state index in [-0.39, 0.29) is 54.1 Å². The SMILES string of the molecule is Cc1ncsc1-c1ccc([C@H](C)NC(=O)[C@@H]2CCCN2C(=O)[C@@H](NC(=O)CCCCCCCN(C)CCOc2ccc(C(=O)c3c(-c4ccc(O)cc4)sc4cc(O)ccc34)cc2)C(C)(C)CO)cc1. The summed E-state index contributed by atoms with van der Waals surface area (Å²) in [6, 6.07) is 25.0. The van der Waals surface area contributed by atoms with Gasteiger partial charge in [0.25, 0.3) is 0 Å². The van der Waals surface area contributed by atoms with Crippen LogP contribution in [0.2, 0.25) is 0 Å². The van der Waals surface area contributed by atoms with Crippen molar-refractivity contribution in [2.75, 3.05) is 39.9 Å². The molecule has 4 aromatic carbocycles. The number of rotatable bonds is 23. The second-order valence-corrected chi connectivity index (χ2v) is 20.9. The molecule has 3 atom stereocenters. The summed E-state index contributed by atoms with van der Waals surface area (Å²) >= 11 is 3.01. The maximum absolute atomic E-state index is 14.1. The van der Waals surface area contributed by atoms with E-state index < -0.39 is 17.5 Å². The smallest absolute Gasteiger partial charge is 0.246 e. The number of thiophene rings is 1. The number of fused-ring (bicyclic) bond motifs is 1. The van der Waals surface area contributed by atoms with Gasteiger partial charge in [-0.05, 0) is 137 Å². The van der Waals surface area contributed by atoms with E-state index in [2.05, 4.69) is 27.6 Å². The molecule has 0 aliphatic carbocycles. The summed E-state index contributed by atoms with van der Waals surface area (Å²) < 4.78 is 6.83. The monoisotopic (exact) mass is 987 g/mol. The first kappa shape index (κ1) is 51.7. The molecular weight excluding hydrogens is 923 g/mol. The molecule has 3 heterocycles. The molecule has 15 heteroatoms. The van der Waals surface area contributed by atoms with Crippen molar-refractivity contribution in [2.45, 2.75) is 97.2 Å². The van der Waals surface area contributed by atoms with Gasteiger partial charge in [0.15, 0.2) is 5.78 Å². The first-order chi connectivity index (χ1) is 33.6. The van der Waals surface area contributed by atoms with Crippen molar-refractivity contribution < 1.29 is 39.2 Å². The molecule has 2 aromatic heterocycles. The molecule has 0 unspecified atom stereocenters. The van der Waals surface area contributed by atoms with Crippen LogP contribution in [0.5, 0.6) is 17.2 Å². The van der Waals surface area contributed by atoms with Crippen LogP contribution in [0, 0.1) is 12.3 Å².